The molecule has 2 aromatic carbocycles. The Balaban J connectivity index is 1.29. The van der Waals surface area contributed by atoms with Crippen LogP contribution in [0.4, 0.5) is 16.2 Å². The summed E-state index contributed by atoms with van der Waals surface area (Å²) in [5.41, 5.74) is 2.67. The van der Waals surface area contributed by atoms with Crippen LogP contribution in [0.1, 0.15) is 65.9 Å². The van der Waals surface area contributed by atoms with Gasteiger partial charge in [0.2, 0.25) is 5.91 Å². The molecule has 0 N–H and O–H groups in total. The second kappa shape index (κ2) is 14.8. The van der Waals surface area contributed by atoms with Gasteiger partial charge in [0, 0.05) is 50.7 Å². The summed E-state index contributed by atoms with van der Waals surface area (Å²) in [6.45, 7) is 15.8. The van der Waals surface area contributed by atoms with E-state index in [-0.39, 0.29) is 24.0 Å². The highest BCUT2D eigenvalue weighted by molar-refractivity contribution is 6.43. The third-order valence-corrected chi connectivity index (χ3v) is 9.00. The van der Waals surface area contributed by atoms with Crippen LogP contribution in [0.5, 0.6) is 5.75 Å². The molecule has 0 bridgehead atoms. The largest absolute Gasteiger partial charge is 0.494 e. The van der Waals surface area contributed by atoms with Crippen LogP contribution in [0.15, 0.2) is 36.4 Å². The van der Waals surface area contributed by atoms with Gasteiger partial charge in [-0.1, -0.05) is 49.2 Å². The first-order valence-electron chi connectivity index (χ1n) is 15.4. The van der Waals surface area contributed by atoms with Crippen molar-refractivity contribution in [3.05, 3.63) is 52.0 Å². The fourth-order valence-corrected chi connectivity index (χ4v) is 6.57. The smallest absolute Gasteiger partial charge is 0.331 e. The highest BCUT2D eigenvalue weighted by Crippen LogP contribution is 2.34. The molecule has 9 heteroatoms. The maximum absolute atomic E-state index is 13.8. The summed E-state index contributed by atoms with van der Waals surface area (Å²) in [5, 5.41) is 1.22. The number of ether oxygens (including phenoxy) is 1. The van der Waals surface area contributed by atoms with E-state index in [1.54, 1.807) is 0 Å². The second-order valence-electron chi connectivity index (χ2n) is 12.2. The molecule has 7 nitrogen and oxygen atoms in total. The first-order valence-corrected chi connectivity index (χ1v) is 16.1. The summed E-state index contributed by atoms with van der Waals surface area (Å²) < 4.78 is 6.12. The molecular formula is C33H46Cl2N4O3. The van der Waals surface area contributed by atoms with Crippen molar-refractivity contribution in [2.45, 2.75) is 78.8 Å². The van der Waals surface area contributed by atoms with E-state index < -0.39 is 0 Å². The SMILES string of the molecule is CC(C)CC(C)N(C(=O)N1C(=O)CCc2ccc(OCCCCN3CCN(c4cccc(Cl)c4Cl)CC3)cc21)C(C)C. The van der Waals surface area contributed by atoms with E-state index in [0.29, 0.717) is 46.8 Å². The van der Waals surface area contributed by atoms with E-state index in [0.717, 1.165) is 63.2 Å². The average molecular weight is 618 g/mol. The van der Waals surface area contributed by atoms with E-state index in [1.807, 2.05) is 55.1 Å². The van der Waals surface area contributed by atoms with Crippen LogP contribution < -0.4 is 14.5 Å². The molecule has 2 aliphatic heterocycles. The zero-order valence-corrected chi connectivity index (χ0v) is 27.3. The molecule has 2 aliphatic rings. The van der Waals surface area contributed by atoms with Crippen LogP contribution in [-0.2, 0) is 11.2 Å². The predicted octanol–water partition coefficient (Wildman–Crippen LogP) is 7.52. The van der Waals surface area contributed by atoms with E-state index in [9.17, 15) is 9.59 Å². The van der Waals surface area contributed by atoms with Crippen LogP contribution in [0.3, 0.4) is 0 Å². The summed E-state index contributed by atoms with van der Waals surface area (Å²) in [6, 6.07) is 11.4. The number of anilines is 2. The standard InChI is InChI=1S/C33H46Cl2N4O3/c1-23(2)21-25(5)38(24(3)4)33(41)39-30-22-27(13-11-26(30)12-14-31(39)40)42-20-7-6-15-36-16-18-37(19-17-36)29-10-8-9-28(34)32(29)35/h8-11,13,22-25H,6-7,12,14-21H2,1-5H3. The number of unbranched alkanes of at least 4 members (excludes halogenated alkanes) is 1. The second-order valence-corrected chi connectivity index (χ2v) is 13.0. The maximum Gasteiger partial charge on any atom is 0.331 e. The number of rotatable bonds is 11. The number of benzene rings is 2. The minimum atomic E-state index is -0.237. The lowest BCUT2D eigenvalue weighted by Crippen LogP contribution is -2.54. The molecule has 3 amide bonds. The number of piperazine rings is 1. The van der Waals surface area contributed by atoms with Gasteiger partial charge < -0.3 is 14.5 Å². The lowest BCUT2D eigenvalue weighted by Gasteiger charge is -2.39. The number of carbonyl (C=O) groups is 2. The van der Waals surface area contributed by atoms with Gasteiger partial charge in [0.25, 0.3) is 0 Å². The zero-order chi connectivity index (χ0) is 30.4. The van der Waals surface area contributed by atoms with E-state index in [4.69, 9.17) is 27.9 Å². The Hall–Kier alpha value is -2.48. The molecule has 42 heavy (non-hydrogen) atoms. The number of hydrogen-bond acceptors (Lipinski definition) is 5. The fourth-order valence-electron chi connectivity index (χ4n) is 6.16. The molecule has 4 rings (SSSR count). The van der Waals surface area contributed by atoms with Gasteiger partial charge in [-0.3, -0.25) is 9.69 Å². The molecule has 1 saturated heterocycles. The lowest BCUT2D eigenvalue weighted by molar-refractivity contribution is -0.118. The molecule has 1 atom stereocenters. The van der Waals surface area contributed by atoms with E-state index >= 15 is 0 Å². The van der Waals surface area contributed by atoms with Gasteiger partial charge in [0.15, 0.2) is 0 Å². The quantitative estimate of drug-likeness (QED) is 0.244. The Morgan fingerprint density at radius 3 is 2.38 bits per heavy atom. The van der Waals surface area contributed by atoms with Crippen molar-refractivity contribution in [3.63, 3.8) is 0 Å². The fraction of sp³-hybridized carbons (Fsp3) is 0.576. The van der Waals surface area contributed by atoms with E-state index in [1.165, 1.54) is 4.90 Å². The van der Waals surface area contributed by atoms with Gasteiger partial charge in [-0.15, -0.1) is 0 Å². The number of aryl methyl sites for hydroxylation is 1. The van der Waals surface area contributed by atoms with Gasteiger partial charge in [-0.2, -0.15) is 0 Å². The zero-order valence-electron chi connectivity index (χ0n) is 25.7. The average Bonchev–Trinajstić information content (AvgIpc) is 2.94. The minimum absolute atomic E-state index is 0.0125. The van der Waals surface area contributed by atoms with E-state index in [2.05, 4.69) is 30.6 Å². The highest BCUT2D eigenvalue weighted by atomic mass is 35.5. The first kappa shape index (κ1) is 32.4. The van der Waals surface area contributed by atoms with Crippen molar-refractivity contribution in [1.29, 1.82) is 0 Å². The molecule has 1 fully saturated rings. The number of fused-ring (bicyclic) bond motifs is 1. The number of halogens is 2. The number of urea groups is 1. The Morgan fingerprint density at radius 1 is 0.952 bits per heavy atom. The molecule has 230 valence electrons. The topological polar surface area (TPSA) is 56.3 Å². The Kier molecular flexibility index (Phi) is 11.4. The summed E-state index contributed by atoms with van der Waals surface area (Å²) in [6.07, 6.45) is 3.81. The molecule has 2 aromatic rings. The third-order valence-electron chi connectivity index (χ3n) is 8.19. The van der Waals surface area contributed by atoms with Crippen LogP contribution in [0.2, 0.25) is 10.0 Å². The molecule has 0 spiro atoms. The van der Waals surface area contributed by atoms with Crippen LogP contribution in [0.25, 0.3) is 0 Å². The van der Waals surface area contributed by atoms with Crippen molar-refractivity contribution in [1.82, 2.24) is 9.80 Å². The highest BCUT2D eigenvalue weighted by Gasteiger charge is 2.36. The molecule has 0 aliphatic carbocycles. The maximum atomic E-state index is 13.8. The molecule has 2 heterocycles. The van der Waals surface area contributed by atoms with Crippen LogP contribution in [-0.4, -0.2) is 73.2 Å². The Bertz CT molecular complexity index is 1230. The van der Waals surface area contributed by atoms with Gasteiger partial charge in [-0.05, 0) is 82.7 Å². The van der Waals surface area contributed by atoms with Crippen molar-refractivity contribution < 1.29 is 14.3 Å². The summed E-state index contributed by atoms with van der Waals surface area (Å²) in [4.78, 5) is 34.9. The van der Waals surface area contributed by atoms with Crippen LogP contribution >= 0.6 is 23.2 Å². The number of carbonyl (C=O) groups excluding carboxylic acids is 2. The number of imide groups is 1. The number of hydrogen-bond donors (Lipinski definition) is 0. The minimum Gasteiger partial charge on any atom is -0.494 e. The molecule has 0 saturated carbocycles. The lowest BCUT2D eigenvalue weighted by atomic mass is 10.00. The van der Waals surface area contributed by atoms with Crippen molar-refractivity contribution >= 4 is 46.5 Å². The van der Waals surface area contributed by atoms with Gasteiger partial charge in [0.1, 0.15) is 5.75 Å². The molecule has 1 unspecified atom stereocenters. The normalized spacial score (nSPS) is 16.6. The van der Waals surface area contributed by atoms with Crippen LogP contribution in [0, 0.1) is 5.92 Å². The Labute approximate surface area is 261 Å². The summed E-state index contributed by atoms with van der Waals surface area (Å²) >= 11 is 12.6. The predicted molar refractivity (Wildman–Crippen MR) is 173 cm³/mol. The molecule has 0 aromatic heterocycles. The summed E-state index contributed by atoms with van der Waals surface area (Å²) in [5.74, 6) is 1.00. The van der Waals surface area contributed by atoms with Gasteiger partial charge in [0.05, 0.1) is 28.0 Å². The monoisotopic (exact) mass is 616 g/mol. The first-order chi connectivity index (χ1) is 20.1. The summed E-state index contributed by atoms with van der Waals surface area (Å²) in [7, 11) is 0. The third kappa shape index (κ3) is 7.91. The number of amides is 3. The van der Waals surface area contributed by atoms with Gasteiger partial charge >= 0.3 is 6.03 Å². The Morgan fingerprint density at radius 2 is 1.69 bits per heavy atom. The van der Waals surface area contributed by atoms with Gasteiger partial charge in [-0.25, -0.2) is 9.69 Å². The van der Waals surface area contributed by atoms with Crippen molar-refractivity contribution in [3.8, 4) is 5.75 Å². The molecule has 0 radical (unpaired) electrons. The number of nitrogens with zero attached hydrogens (tertiary/aromatic N) is 4. The van der Waals surface area contributed by atoms with Crippen molar-refractivity contribution in [2.75, 3.05) is 49.1 Å². The molecular weight excluding hydrogens is 571 g/mol. The van der Waals surface area contributed by atoms with Crippen molar-refractivity contribution in [2.24, 2.45) is 5.92 Å².